The van der Waals surface area contributed by atoms with Crippen LogP contribution < -0.4 is 26.0 Å². The van der Waals surface area contributed by atoms with E-state index in [1.807, 2.05) is 75.7 Å². The van der Waals surface area contributed by atoms with Crippen LogP contribution in [-0.2, 0) is 32.1 Å². The number of amides is 6. The Morgan fingerprint density at radius 3 is 2.34 bits per heavy atom. The number of unbranched alkanes of at least 4 members (excludes halogenated alkanes) is 5. The maximum Gasteiger partial charge on any atom is 0.273 e. The van der Waals surface area contributed by atoms with Crippen molar-refractivity contribution in [3.63, 3.8) is 0 Å². The van der Waals surface area contributed by atoms with Gasteiger partial charge in [0.1, 0.15) is 23.6 Å². The standard InChI is InChI=1S/C55H68N8O10S/c1-33-49(74-32-58-33)36-16-14-34(15-17-36)29-57-52(69)44-26-38(64)30-63(44)54(71)50(55(2,3)4)60-47(66)13-11-9-7-8-10-12-24-56-48(67)31-72-39-21-18-35-20-23-42(41(35)27-39)59-51(68)43-28-46(73-61-43)37-19-22-40(45(65)25-37)53(70)62(5)6/h14-19,21-22,25,27-28,32,38,42,44,50,64-65H,7-13,20,23-24,26,29-31H2,1-6H3,(H,56,67)(H,57,69)(H,59,68)(H,60,66)/t38-,42-,44+,50-/m1/s1. The van der Waals surface area contributed by atoms with E-state index >= 15 is 0 Å². The third-order valence-corrected chi connectivity index (χ3v) is 14.4. The van der Waals surface area contributed by atoms with E-state index < -0.39 is 35.4 Å². The average molecular weight is 1030 g/mol. The molecule has 0 radical (unpaired) electrons. The van der Waals surface area contributed by atoms with Gasteiger partial charge in [0.05, 0.1) is 33.8 Å². The number of carbonyl (C=O) groups excluding carboxylic acids is 6. The number of fused-ring (bicyclic) bond motifs is 1. The number of likely N-dealkylation sites (tertiary alicyclic amines) is 1. The van der Waals surface area contributed by atoms with Gasteiger partial charge in [-0.2, -0.15) is 0 Å². The summed E-state index contributed by atoms with van der Waals surface area (Å²) in [5.41, 5.74) is 6.68. The van der Waals surface area contributed by atoms with Gasteiger partial charge in [-0.05, 0) is 84.5 Å². The summed E-state index contributed by atoms with van der Waals surface area (Å²) in [5, 5.41) is 36.7. The van der Waals surface area contributed by atoms with Gasteiger partial charge in [-0.3, -0.25) is 28.8 Å². The molecule has 0 bridgehead atoms. The molecule has 3 heterocycles. The zero-order chi connectivity index (χ0) is 53.1. The number of aromatic hydroxyl groups is 1. The highest BCUT2D eigenvalue weighted by molar-refractivity contribution is 7.13. The van der Waals surface area contributed by atoms with Crippen LogP contribution in [0.5, 0.6) is 11.5 Å². The van der Waals surface area contributed by atoms with E-state index in [-0.39, 0.29) is 85.0 Å². The Bertz CT molecular complexity index is 2800. The zero-order valence-electron chi connectivity index (χ0n) is 43.0. The van der Waals surface area contributed by atoms with E-state index in [0.717, 1.165) is 71.3 Å². The minimum Gasteiger partial charge on any atom is -0.507 e. The number of hydrogen-bond donors (Lipinski definition) is 6. The molecule has 1 aliphatic heterocycles. The van der Waals surface area contributed by atoms with Gasteiger partial charge in [-0.25, -0.2) is 4.98 Å². The maximum absolute atomic E-state index is 14.0. The van der Waals surface area contributed by atoms with Crippen molar-refractivity contribution >= 4 is 46.8 Å². The van der Waals surface area contributed by atoms with Crippen LogP contribution in [0.25, 0.3) is 21.8 Å². The van der Waals surface area contributed by atoms with E-state index in [1.54, 1.807) is 31.5 Å². The minimum absolute atomic E-state index is 0.00621. The lowest BCUT2D eigenvalue weighted by Crippen LogP contribution is -2.57. The predicted molar refractivity (Wildman–Crippen MR) is 279 cm³/mol. The van der Waals surface area contributed by atoms with Gasteiger partial charge >= 0.3 is 0 Å². The number of aliphatic hydroxyl groups is 1. The van der Waals surface area contributed by atoms with Crippen LogP contribution in [0.4, 0.5) is 0 Å². The second kappa shape index (κ2) is 24.7. The third-order valence-electron chi connectivity index (χ3n) is 13.4. The lowest BCUT2D eigenvalue weighted by Gasteiger charge is -2.35. The molecule has 5 aromatic rings. The largest absolute Gasteiger partial charge is 0.507 e. The Morgan fingerprint density at radius 1 is 0.905 bits per heavy atom. The number of aryl methyl sites for hydroxylation is 2. The summed E-state index contributed by atoms with van der Waals surface area (Å²) in [6.07, 6.45) is 5.92. The van der Waals surface area contributed by atoms with E-state index in [4.69, 9.17) is 9.26 Å². The molecule has 74 heavy (non-hydrogen) atoms. The van der Waals surface area contributed by atoms with Crippen LogP contribution in [0.1, 0.15) is 128 Å². The molecular weight excluding hydrogens is 965 g/mol. The van der Waals surface area contributed by atoms with Crippen LogP contribution in [-0.4, -0.2) is 118 Å². The van der Waals surface area contributed by atoms with Gasteiger partial charge in [-0.15, -0.1) is 11.3 Å². The molecule has 6 amide bonds. The van der Waals surface area contributed by atoms with Crippen molar-refractivity contribution in [3.8, 4) is 33.3 Å². The molecule has 0 spiro atoms. The minimum atomic E-state index is -0.888. The first-order valence-electron chi connectivity index (χ1n) is 25.3. The molecule has 4 atom stereocenters. The maximum atomic E-state index is 14.0. The summed E-state index contributed by atoms with van der Waals surface area (Å²) in [4.78, 5) is 87.0. The second-order valence-electron chi connectivity index (χ2n) is 20.4. The quantitative estimate of drug-likeness (QED) is 0.0400. The Hall–Kier alpha value is -7.12. The normalized spacial score (nSPS) is 16.5. The topological polar surface area (TPSA) is 246 Å². The second-order valence-corrected chi connectivity index (χ2v) is 21.2. The number of phenolic OH excluding ortho intramolecular Hbond substituents is 1. The number of rotatable bonds is 22. The highest BCUT2D eigenvalue weighted by Gasteiger charge is 2.44. The average Bonchev–Trinajstić information content (AvgIpc) is 4.21. The monoisotopic (exact) mass is 1030 g/mol. The number of nitrogens with zero attached hydrogens (tertiary/aromatic N) is 4. The Morgan fingerprint density at radius 2 is 1.64 bits per heavy atom. The van der Waals surface area contributed by atoms with E-state index in [2.05, 4.69) is 31.4 Å². The summed E-state index contributed by atoms with van der Waals surface area (Å²) in [6.45, 7) is 8.17. The van der Waals surface area contributed by atoms with Crippen LogP contribution in [0.15, 0.2) is 76.8 Å². The molecule has 1 aliphatic carbocycles. The Labute approximate surface area is 435 Å². The number of aromatic nitrogens is 2. The molecule has 2 aromatic heterocycles. The van der Waals surface area contributed by atoms with Crippen molar-refractivity contribution in [2.75, 3.05) is 33.8 Å². The van der Waals surface area contributed by atoms with Crippen LogP contribution in [0.3, 0.4) is 0 Å². The molecule has 0 saturated carbocycles. The fourth-order valence-electron chi connectivity index (χ4n) is 9.24. The number of β-amino-alcohol motifs (C(OH)–C–C–N with tert-alkyl or cyclic N) is 1. The lowest BCUT2D eigenvalue weighted by molar-refractivity contribution is -0.144. The van der Waals surface area contributed by atoms with Crippen molar-refractivity contribution in [2.24, 2.45) is 5.41 Å². The molecule has 3 aromatic carbocycles. The highest BCUT2D eigenvalue weighted by Crippen LogP contribution is 2.35. The number of aliphatic hydroxyl groups excluding tert-OH is 1. The zero-order valence-corrected chi connectivity index (χ0v) is 43.8. The van der Waals surface area contributed by atoms with Gasteiger partial charge in [-0.1, -0.05) is 88.0 Å². The SMILES string of the molecule is Cc1ncsc1-c1ccc(CNC(=O)[C@@H]2C[C@@H](O)CN2C(=O)[C@@H](NC(=O)CCCCCCCCNC(=O)COc2ccc3c(c2)[C@H](NC(=O)c2cc(-c4ccc(C(=O)N(C)C)c(O)c4)on2)CC3)C(C)(C)C)cc1. The Kier molecular flexibility index (Phi) is 18.3. The summed E-state index contributed by atoms with van der Waals surface area (Å²) < 4.78 is 11.2. The molecule has 0 unspecified atom stereocenters. The molecular formula is C55H68N8O10S. The smallest absolute Gasteiger partial charge is 0.273 e. The number of hydrogen-bond acceptors (Lipinski definition) is 13. The van der Waals surface area contributed by atoms with Gasteiger partial charge in [0, 0.05) is 58.2 Å². The number of benzene rings is 3. The first-order valence-corrected chi connectivity index (χ1v) is 26.1. The van der Waals surface area contributed by atoms with Gasteiger partial charge in [0.25, 0.3) is 17.7 Å². The highest BCUT2D eigenvalue weighted by atomic mass is 32.1. The predicted octanol–water partition coefficient (Wildman–Crippen LogP) is 6.63. The molecule has 19 heteroatoms. The van der Waals surface area contributed by atoms with Crippen molar-refractivity contribution in [3.05, 3.63) is 106 Å². The molecule has 6 N–H and O–H groups in total. The van der Waals surface area contributed by atoms with E-state index in [1.165, 1.54) is 28.0 Å². The lowest BCUT2D eigenvalue weighted by atomic mass is 9.85. The van der Waals surface area contributed by atoms with E-state index in [0.29, 0.717) is 30.7 Å². The Balaban J connectivity index is 0.765. The fourth-order valence-corrected chi connectivity index (χ4v) is 10.0. The van der Waals surface area contributed by atoms with Crippen molar-refractivity contribution in [1.29, 1.82) is 0 Å². The number of ether oxygens (including phenoxy) is 1. The third kappa shape index (κ3) is 14.1. The fraction of sp³-hybridized carbons (Fsp3) is 0.455. The summed E-state index contributed by atoms with van der Waals surface area (Å²) in [6, 6.07) is 17.4. The van der Waals surface area contributed by atoms with Crippen molar-refractivity contribution < 1.29 is 48.2 Å². The van der Waals surface area contributed by atoms with Crippen LogP contribution >= 0.6 is 11.3 Å². The van der Waals surface area contributed by atoms with Gasteiger partial charge in [0.15, 0.2) is 18.1 Å². The van der Waals surface area contributed by atoms with Crippen LogP contribution in [0, 0.1) is 12.3 Å². The number of phenols is 1. The first-order chi connectivity index (χ1) is 35.4. The van der Waals surface area contributed by atoms with Crippen LogP contribution in [0.2, 0.25) is 0 Å². The molecule has 18 nitrogen and oxygen atoms in total. The van der Waals surface area contributed by atoms with Crippen molar-refractivity contribution in [1.82, 2.24) is 41.2 Å². The summed E-state index contributed by atoms with van der Waals surface area (Å²) in [5.74, 6) is -1.48. The van der Waals surface area contributed by atoms with Gasteiger partial charge in [0.2, 0.25) is 17.7 Å². The first kappa shape index (κ1) is 54.6. The number of thiazole rings is 1. The van der Waals surface area contributed by atoms with Crippen molar-refractivity contribution in [2.45, 2.75) is 123 Å². The molecule has 7 rings (SSSR count). The van der Waals surface area contributed by atoms with Gasteiger partial charge < -0.3 is 50.5 Å². The van der Waals surface area contributed by atoms with E-state index in [9.17, 15) is 39.0 Å². The summed E-state index contributed by atoms with van der Waals surface area (Å²) >= 11 is 1.57. The molecule has 1 saturated heterocycles. The number of carbonyl (C=O) groups is 6. The molecule has 2 aliphatic rings. The summed E-state index contributed by atoms with van der Waals surface area (Å²) in [7, 11) is 3.18. The molecule has 1 fully saturated rings. The molecule has 394 valence electrons. The number of nitrogens with one attached hydrogen (secondary N) is 4.